The Kier molecular flexibility index (Phi) is 5.06. The molecule has 0 saturated heterocycles. The van der Waals surface area contributed by atoms with E-state index in [1.54, 1.807) is 0 Å². The molecule has 1 fully saturated rings. The van der Waals surface area contributed by atoms with Crippen LogP contribution in [0.3, 0.4) is 0 Å². The molecule has 0 bridgehead atoms. The molecular formula is C16H25N. The van der Waals surface area contributed by atoms with Crippen molar-refractivity contribution in [2.45, 2.75) is 64.5 Å². The maximum Gasteiger partial charge on any atom is 0.0208 e. The molecule has 1 N–H and O–H groups in total. The van der Waals surface area contributed by atoms with E-state index in [9.17, 15) is 0 Å². The average Bonchev–Trinajstić information content (AvgIpc) is 2.40. The summed E-state index contributed by atoms with van der Waals surface area (Å²) >= 11 is 0. The molecular weight excluding hydrogens is 206 g/mol. The predicted molar refractivity (Wildman–Crippen MR) is 74.1 cm³/mol. The lowest BCUT2D eigenvalue weighted by Gasteiger charge is -2.22. The van der Waals surface area contributed by atoms with E-state index >= 15 is 0 Å². The molecule has 0 aliphatic heterocycles. The fourth-order valence-electron chi connectivity index (χ4n) is 2.68. The highest BCUT2D eigenvalue weighted by Gasteiger charge is 2.11. The van der Waals surface area contributed by atoms with Gasteiger partial charge < -0.3 is 5.32 Å². The molecule has 0 radical (unpaired) electrons. The summed E-state index contributed by atoms with van der Waals surface area (Å²) in [7, 11) is 0. The molecule has 1 aromatic rings. The topological polar surface area (TPSA) is 12.0 Å². The summed E-state index contributed by atoms with van der Waals surface area (Å²) < 4.78 is 0. The summed E-state index contributed by atoms with van der Waals surface area (Å²) in [5, 5.41) is 3.69. The third-order valence-electron chi connectivity index (χ3n) is 3.76. The van der Waals surface area contributed by atoms with E-state index in [-0.39, 0.29) is 0 Å². The van der Waals surface area contributed by atoms with Crippen LogP contribution in [0.1, 0.15) is 56.6 Å². The van der Waals surface area contributed by atoms with Crippen LogP contribution in [0, 0.1) is 0 Å². The first-order valence-corrected chi connectivity index (χ1v) is 7.19. The van der Waals surface area contributed by atoms with Gasteiger partial charge in [-0.3, -0.25) is 0 Å². The monoisotopic (exact) mass is 231 g/mol. The Morgan fingerprint density at radius 1 is 1.00 bits per heavy atom. The zero-order valence-corrected chi connectivity index (χ0v) is 11.0. The second kappa shape index (κ2) is 6.80. The van der Waals surface area contributed by atoms with Gasteiger partial charge in [-0.25, -0.2) is 0 Å². The maximum absolute atomic E-state index is 3.69. The number of rotatable bonds is 5. The highest BCUT2D eigenvalue weighted by atomic mass is 14.9. The second-order valence-corrected chi connectivity index (χ2v) is 5.28. The smallest absolute Gasteiger partial charge is 0.0208 e. The molecule has 2 rings (SSSR count). The van der Waals surface area contributed by atoms with Crippen LogP contribution in [0.5, 0.6) is 0 Å². The molecule has 1 heteroatoms. The summed E-state index contributed by atoms with van der Waals surface area (Å²) in [5.74, 6) is 0. The van der Waals surface area contributed by atoms with Gasteiger partial charge in [0, 0.05) is 12.6 Å². The van der Waals surface area contributed by atoms with Gasteiger partial charge in [0.25, 0.3) is 0 Å². The molecule has 0 atom stereocenters. The van der Waals surface area contributed by atoms with Crippen molar-refractivity contribution < 1.29 is 0 Å². The third kappa shape index (κ3) is 4.16. The van der Waals surface area contributed by atoms with Gasteiger partial charge in [0.05, 0.1) is 0 Å². The SMILES string of the molecule is CCCc1ccc(CNC2CCCCC2)cc1. The summed E-state index contributed by atoms with van der Waals surface area (Å²) in [6, 6.07) is 9.88. The van der Waals surface area contributed by atoms with Crippen molar-refractivity contribution in [1.82, 2.24) is 5.32 Å². The molecule has 0 amide bonds. The van der Waals surface area contributed by atoms with Crippen LogP contribution in [0.15, 0.2) is 24.3 Å². The Hall–Kier alpha value is -0.820. The quantitative estimate of drug-likeness (QED) is 0.805. The summed E-state index contributed by atoms with van der Waals surface area (Å²) in [5.41, 5.74) is 2.89. The Bertz CT molecular complexity index is 309. The van der Waals surface area contributed by atoms with Crippen molar-refractivity contribution in [3.05, 3.63) is 35.4 Å². The average molecular weight is 231 g/mol. The molecule has 0 spiro atoms. The fourth-order valence-corrected chi connectivity index (χ4v) is 2.68. The fraction of sp³-hybridized carbons (Fsp3) is 0.625. The van der Waals surface area contributed by atoms with Gasteiger partial charge in [-0.1, -0.05) is 56.9 Å². The van der Waals surface area contributed by atoms with Crippen molar-refractivity contribution in [3.63, 3.8) is 0 Å². The molecule has 1 aliphatic carbocycles. The third-order valence-corrected chi connectivity index (χ3v) is 3.76. The van der Waals surface area contributed by atoms with Crippen LogP contribution in [-0.2, 0) is 13.0 Å². The van der Waals surface area contributed by atoms with E-state index in [4.69, 9.17) is 0 Å². The van der Waals surface area contributed by atoms with Crippen molar-refractivity contribution in [2.75, 3.05) is 0 Å². The highest BCUT2D eigenvalue weighted by Crippen LogP contribution is 2.17. The largest absolute Gasteiger partial charge is 0.310 e. The number of nitrogens with one attached hydrogen (secondary N) is 1. The molecule has 17 heavy (non-hydrogen) atoms. The molecule has 0 heterocycles. The molecule has 1 saturated carbocycles. The minimum atomic E-state index is 0.763. The molecule has 1 nitrogen and oxygen atoms in total. The molecule has 0 aromatic heterocycles. The van der Waals surface area contributed by atoms with Gasteiger partial charge in [-0.2, -0.15) is 0 Å². The van der Waals surface area contributed by atoms with Crippen LogP contribution < -0.4 is 5.32 Å². The number of aryl methyl sites for hydroxylation is 1. The highest BCUT2D eigenvalue weighted by molar-refractivity contribution is 5.22. The Balaban J connectivity index is 1.77. The van der Waals surface area contributed by atoms with Crippen LogP contribution in [0.2, 0.25) is 0 Å². The normalized spacial score (nSPS) is 17.2. The zero-order valence-electron chi connectivity index (χ0n) is 11.0. The van der Waals surface area contributed by atoms with Crippen LogP contribution in [0.4, 0.5) is 0 Å². The lowest BCUT2D eigenvalue weighted by atomic mass is 9.95. The summed E-state index contributed by atoms with van der Waals surface area (Å²) in [4.78, 5) is 0. The van der Waals surface area contributed by atoms with Crippen molar-refractivity contribution >= 4 is 0 Å². The number of benzene rings is 1. The van der Waals surface area contributed by atoms with Crippen molar-refractivity contribution in [1.29, 1.82) is 0 Å². The Morgan fingerprint density at radius 2 is 1.65 bits per heavy atom. The van der Waals surface area contributed by atoms with E-state index in [0.717, 1.165) is 12.6 Å². The van der Waals surface area contributed by atoms with Gasteiger partial charge in [0.15, 0.2) is 0 Å². The van der Waals surface area contributed by atoms with Crippen LogP contribution in [-0.4, -0.2) is 6.04 Å². The maximum atomic E-state index is 3.69. The van der Waals surface area contributed by atoms with Crippen molar-refractivity contribution in [2.24, 2.45) is 0 Å². The van der Waals surface area contributed by atoms with Gasteiger partial charge in [-0.15, -0.1) is 0 Å². The van der Waals surface area contributed by atoms with E-state index in [1.165, 1.54) is 56.1 Å². The Morgan fingerprint density at radius 3 is 2.29 bits per heavy atom. The minimum absolute atomic E-state index is 0.763. The second-order valence-electron chi connectivity index (χ2n) is 5.28. The van der Waals surface area contributed by atoms with E-state index in [2.05, 4.69) is 36.5 Å². The summed E-state index contributed by atoms with van der Waals surface area (Å²) in [6.45, 7) is 3.27. The lowest BCUT2D eigenvalue weighted by molar-refractivity contribution is 0.372. The minimum Gasteiger partial charge on any atom is -0.310 e. The first kappa shape index (κ1) is 12.6. The predicted octanol–water partition coefficient (Wildman–Crippen LogP) is 4.06. The van der Waals surface area contributed by atoms with Gasteiger partial charge in [0.2, 0.25) is 0 Å². The summed E-state index contributed by atoms with van der Waals surface area (Å²) in [6.07, 6.45) is 9.43. The van der Waals surface area contributed by atoms with E-state index in [1.807, 2.05) is 0 Å². The standard InChI is InChI=1S/C16H25N/c1-2-6-14-9-11-15(12-10-14)13-17-16-7-4-3-5-8-16/h9-12,16-17H,2-8,13H2,1H3. The van der Waals surface area contributed by atoms with Crippen molar-refractivity contribution in [3.8, 4) is 0 Å². The van der Waals surface area contributed by atoms with Gasteiger partial charge in [0.1, 0.15) is 0 Å². The first-order chi connectivity index (χ1) is 8.38. The van der Waals surface area contributed by atoms with Crippen LogP contribution in [0.25, 0.3) is 0 Å². The molecule has 94 valence electrons. The number of hydrogen-bond donors (Lipinski definition) is 1. The Labute approximate surface area is 106 Å². The molecule has 1 aliphatic rings. The molecule has 0 unspecified atom stereocenters. The van der Waals surface area contributed by atoms with Gasteiger partial charge in [-0.05, 0) is 30.4 Å². The van der Waals surface area contributed by atoms with Crippen LogP contribution >= 0.6 is 0 Å². The zero-order chi connectivity index (χ0) is 11.9. The lowest BCUT2D eigenvalue weighted by Crippen LogP contribution is -2.30. The van der Waals surface area contributed by atoms with E-state index in [0.29, 0.717) is 0 Å². The first-order valence-electron chi connectivity index (χ1n) is 7.19. The van der Waals surface area contributed by atoms with Gasteiger partial charge >= 0.3 is 0 Å². The molecule has 1 aromatic carbocycles. The van der Waals surface area contributed by atoms with E-state index < -0.39 is 0 Å². The number of hydrogen-bond acceptors (Lipinski definition) is 1.